The van der Waals surface area contributed by atoms with Gasteiger partial charge >= 0.3 is 0 Å². The van der Waals surface area contributed by atoms with Gasteiger partial charge in [0.15, 0.2) is 5.69 Å². The highest BCUT2D eigenvalue weighted by atomic mass is 16.2. The van der Waals surface area contributed by atoms with Gasteiger partial charge in [-0.05, 0) is 19.3 Å². The van der Waals surface area contributed by atoms with Crippen molar-refractivity contribution in [2.24, 2.45) is 0 Å². The maximum atomic E-state index is 12.2. The van der Waals surface area contributed by atoms with Crippen LogP contribution in [0.3, 0.4) is 0 Å². The number of aromatic nitrogens is 2. The van der Waals surface area contributed by atoms with Gasteiger partial charge in [0, 0.05) is 43.9 Å². The zero-order chi connectivity index (χ0) is 14.7. The molecule has 0 unspecified atom stereocenters. The number of fused-ring (bicyclic) bond motifs is 1. The summed E-state index contributed by atoms with van der Waals surface area (Å²) in [5, 5.41) is 12.9. The second-order valence-corrected chi connectivity index (χ2v) is 5.58. The SMILES string of the molecule is O=C(NCC(=O)N1CCCCC1)c1n[nH]c2c1CNCC2. The van der Waals surface area contributed by atoms with E-state index in [4.69, 9.17) is 0 Å². The summed E-state index contributed by atoms with van der Waals surface area (Å²) in [6.45, 7) is 3.19. The molecule has 1 aromatic heterocycles. The number of rotatable bonds is 3. The van der Waals surface area contributed by atoms with Gasteiger partial charge in [-0.25, -0.2) is 0 Å². The largest absolute Gasteiger partial charge is 0.342 e. The molecule has 3 heterocycles. The minimum Gasteiger partial charge on any atom is -0.342 e. The van der Waals surface area contributed by atoms with E-state index in [-0.39, 0.29) is 18.4 Å². The molecule has 0 saturated carbocycles. The number of aromatic amines is 1. The fourth-order valence-electron chi connectivity index (χ4n) is 2.91. The Balaban J connectivity index is 1.56. The summed E-state index contributed by atoms with van der Waals surface area (Å²) in [4.78, 5) is 26.0. The van der Waals surface area contributed by atoms with Crippen molar-refractivity contribution >= 4 is 11.8 Å². The second kappa shape index (κ2) is 6.26. The fourth-order valence-corrected chi connectivity index (χ4v) is 2.91. The molecule has 0 bridgehead atoms. The predicted molar refractivity (Wildman–Crippen MR) is 76.8 cm³/mol. The summed E-state index contributed by atoms with van der Waals surface area (Å²) < 4.78 is 0. The summed E-state index contributed by atoms with van der Waals surface area (Å²) >= 11 is 0. The highest BCUT2D eigenvalue weighted by Crippen LogP contribution is 2.15. The lowest BCUT2D eigenvalue weighted by Gasteiger charge is -2.26. The predicted octanol–water partition coefficient (Wildman–Crippen LogP) is -0.202. The molecule has 2 aliphatic rings. The van der Waals surface area contributed by atoms with Crippen molar-refractivity contribution in [1.82, 2.24) is 25.7 Å². The van der Waals surface area contributed by atoms with E-state index in [9.17, 15) is 9.59 Å². The van der Waals surface area contributed by atoms with Gasteiger partial charge in [0.25, 0.3) is 5.91 Å². The first-order valence-corrected chi connectivity index (χ1v) is 7.58. The number of carbonyl (C=O) groups excluding carboxylic acids is 2. The Morgan fingerprint density at radius 3 is 2.86 bits per heavy atom. The first-order chi connectivity index (χ1) is 10.3. The van der Waals surface area contributed by atoms with Crippen LogP contribution in [0.4, 0.5) is 0 Å². The Kier molecular flexibility index (Phi) is 4.19. The Morgan fingerprint density at radius 2 is 2.05 bits per heavy atom. The number of hydrogen-bond donors (Lipinski definition) is 3. The summed E-state index contributed by atoms with van der Waals surface area (Å²) in [6, 6.07) is 0. The summed E-state index contributed by atoms with van der Waals surface area (Å²) in [6.07, 6.45) is 4.14. The van der Waals surface area contributed by atoms with Crippen molar-refractivity contribution in [3.05, 3.63) is 17.0 Å². The van der Waals surface area contributed by atoms with Crippen LogP contribution in [-0.4, -0.2) is 53.1 Å². The third-order valence-electron chi connectivity index (χ3n) is 4.13. The Labute approximate surface area is 123 Å². The standard InChI is InChI=1S/C14H21N5O2/c20-12(19-6-2-1-3-7-19)9-16-14(21)13-10-8-15-5-4-11(10)17-18-13/h15H,1-9H2,(H,16,21)(H,17,18). The van der Waals surface area contributed by atoms with E-state index in [1.165, 1.54) is 6.42 Å². The molecule has 2 aliphatic heterocycles. The number of piperidine rings is 1. The minimum atomic E-state index is -0.276. The van der Waals surface area contributed by atoms with E-state index in [1.54, 1.807) is 0 Å². The van der Waals surface area contributed by atoms with Gasteiger partial charge in [-0.15, -0.1) is 0 Å². The van der Waals surface area contributed by atoms with E-state index in [2.05, 4.69) is 20.8 Å². The molecule has 1 saturated heterocycles. The van der Waals surface area contributed by atoms with Crippen LogP contribution in [0, 0.1) is 0 Å². The van der Waals surface area contributed by atoms with E-state index >= 15 is 0 Å². The van der Waals surface area contributed by atoms with Crippen molar-refractivity contribution in [2.45, 2.75) is 32.2 Å². The quantitative estimate of drug-likeness (QED) is 0.719. The molecular weight excluding hydrogens is 270 g/mol. The van der Waals surface area contributed by atoms with Gasteiger partial charge in [-0.1, -0.05) is 0 Å². The van der Waals surface area contributed by atoms with Crippen LogP contribution in [0.5, 0.6) is 0 Å². The van der Waals surface area contributed by atoms with Crippen LogP contribution in [0.1, 0.15) is 41.0 Å². The van der Waals surface area contributed by atoms with Gasteiger partial charge in [0.2, 0.25) is 5.91 Å². The van der Waals surface area contributed by atoms with Crippen molar-refractivity contribution < 1.29 is 9.59 Å². The van der Waals surface area contributed by atoms with E-state index in [0.29, 0.717) is 12.2 Å². The highest BCUT2D eigenvalue weighted by molar-refractivity contribution is 5.96. The third-order valence-corrected chi connectivity index (χ3v) is 4.13. The van der Waals surface area contributed by atoms with Crippen LogP contribution < -0.4 is 10.6 Å². The first-order valence-electron chi connectivity index (χ1n) is 7.58. The summed E-state index contributed by atoms with van der Waals surface area (Å²) in [5.41, 5.74) is 2.34. The van der Waals surface area contributed by atoms with Gasteiger partial charge in [-0.2, -0.15) is 5.10 Å². The van der Waals surface area contributed by atoms with Crippen LogP contribution in [0.25, 0.3) is 0 Å². The molecular formula is C14H21N5O2. The zero-order valence-electron chi connectivity index (χ0n) is 12.1. The molecule has 21 heavy (non-hydrogen) atoms. The smallest absolute Gasteiger partial charge is 0.272 e. The minimum absolute atomic E-state index is 0.00872. The van der Waals surface area contributed by atoms with E-state index in [1.807, 2.05) is 4.90 Å². The lowest BCUT2D eigenvalue weighted by molar-refractivity contribution is -0.130. The Morgan fingerprint density at radius 1 is 1.24 bits per heavy atom. The average molecular weight is 291 g/mol. The van der Waals surface area contributed by atoms with Crippen LogP contribution in [0.2, 0.25) is 0 Å². The van der Waals surface area contributed by atoms with Crippen LogP contribution >= 0.6 is 0 Å². The Bertz CT molecular complexity index is 533. The van der Waals surface area contributed by atoms with Gasteiger partial charge in [0.05, 0.1) is 6.54 Å². The van der Waals surface area contributed by atoms with Crippen molar-refractivity contribution in [1.29, 1.82) is 0 Å². The van der Waals surface area contributed by atoms with Crippen LogP contribution in [-0.2, 0) is 17.8 Å². The molecule has 1 aromatic rings. The number of hydrogen-bond acceptors (Lipinski definition) is 4. The molecule has 0 aliphatic carbocycles. The molecule has 0 atom stereocenters. The number of nitrogens with zero attached hydrogens (tertiary/aromatic N) is 2. The molecule has 0 radical (unpaired) electrons. The fraction of sp³-hybridized carbons (Fsp3) is 0.643. The zero-order valence-corrected chi connectivity index (χ0v) is 12.1. The van der Waals surface area contributed by atoms with E-state index in [0.717, 1.165) is 50.2 Å². The third kappa shape index (κ3) is 3.07. The number of H-pyrrole nitrogens is 1. The van der Waals surface area contributed by atoms with Crippen molar-refractivity contribution in [3.8, 4) is 0 Å². The van der Waals surface area contributed by atoms with Crippen molar-refractivity contribution in [3.63, 3.8) is 0 Å². The number of likely N-dealkylation sites (tertiary alicyclic amines) is 1. The molecule has 3 rings (SSSR count). The molecule has 7 heteroatoms. The number of nitrogens with one attached hydrogen (secondary N) is 3. The number of amides is 2. The molecule has 3 N–H and O–H groups in total. The molecule has 1 fully saturated rings. The second-order valence-electron chi connectivity index (χ2n) is 5.58. The maximum absolute atomic E-state index is 12.2. The first kappa shape index (κ1) is 14.1. The summed E-state index contributed by atoms with van der Waals surface area (Å²) in [5.74, 6) is -0.285. The monoisotopic (exact) mass is 291 g/mol. The number of carbonyl (C=O) groups is 2. The average Bonchev–Trinajstić information content (AvgIpc) is 2.97. The van der Waals surface area contributed by atoms with E-state index < -0.39 is 0 Å². The highest BCUT2D eigenvalue weighted by Gasteiger charge is 2.23. The molecule has 7 nitrogen and oxygen atoms in total. The molecule has 0 spiro atoms. The maximum Gasteiger partial charge on any atom is 0.272 e. The molecule has 114 valence electrons. The van der Waals surface area contributed by atoms with Gasteiger partial charge in [0.1, 0.15) is 0 Å². The summed E-state index contributed by atoms with van der Waals surface area (Å²) in [7, 11) is 0. The molecule has 0 aromatic carbocycles. The Hall–Kier alpha value is -1.89. The van der Waals surface area contributed by atoms with Crippen LogP contribution in [0.15, 0.2) is 0 Å². The lowest BCUT2D eigenvalue weighted by atomic mass is 10.1. The van der Waals surface area contributed by atoms with Gasteiger partial charge < -0.3 is 15.5 Å². The van der Waals surface area contributed by atoms with Crippen molar-refractivity contribution in [2.75, 3.05) is 26.2 Å². The molecule has 2 amide bonds. The van der Waals surface area contributed by atoms with Gasteiger partial charge in [-0.3, -0.25) is 14.7 Å². The normalized spacial score (nSPS) is 18.2. The lowest BCUT2D eigenvalue weighted by Crippen LogP contribution is -2.42. The topological polar surface area (TPSA) is 90.1 Å².